The summed E-state index contributed by atoms with van der Waals surface area (Å²) >= 11 is 0. The van der Waals surface area contributed by atoms with Gasteiger partial charge in [0.15, 0.2) is 0 Å². The van der Waals surface area contributed by atoms with Gasteiger partial charge in [-0.15, -0.1) is 0 Å². The highest BCUT2D eigenvalue weighted by Gasteiger charge is 2.41. The quantitative estimate of drug-likeness (QED) is 0.674. The lowest BCUT2D eigenvalue weighted by Gasteiger charge is -2.47. The lowest BCUT2D eigenvalue weighted by atomic mass is 10.2. The molecular weight excluding hydrogens is 226 g/mol. The van der Waals surface area contributed by atoms with Gasteiger partial charge >= 0.3 is 0 Å². The van der Waals surface area contributed by atoms with Crippen molar-refractivity contribution in [3.63, 3.8) is 0 Å². The van der Waals surface area contributed by atoms with E-state index in [-0.39, 0.29) is 0 Å². The Morgan fingerprint density at radius 1 is 0.882 bits per heavy atom. The van der Waals surface area contributed by atoms with Gasteiger partial charge in [-0.3, -0.25) is 4.90 Å². The molecule has 2 nitrogen and oxygen atoms in total. The molecule has 1 unspecified atom stereocenters. The van der Waals surface area contributed by atoms with E-state index in [2.05, 4.69) is 53.4 Å². The molecule has 0 aromatic rings. The lowest BCUT2D eigenvalue weighted by Crippen LogP contribution is -2.61. The zero-order valence-corrected chi connectivity index (χ0v) is 14.0. The second-order valence-electron chi connectivity index (χ2n) is 5.76. The molecule has 104 valence electrons. The first-order valence-electron chi connectivity index (χ1n) is 7.28. The second kappa shape index (κ2) is 7.55. The predicted octanol–water partition coefficient (Wildman–Crippen LogP) is 3.51. The summed E-state index contributed by atoms with van der Waals surface area (Å²) in [7, 11) is -1.36. The van der Waals surface area contributed by atoms with E-state index in [4.69, 9.17) is 0 Å². The van der Waals surface area contributed by atoms with Crippen LogP contribution in [0, 0.1) is 0 Å². The van der Waals surface area contributed by atoms with Gasteiger partial charge in [-0.25, -0.2) is 0 Å². The summed E-state index contributed by atoms with van der Waals surface area (Å²) < 4.78 is 0. The van der Waals surface area contributed by atoms with E-state index < -0.39 is 8.07 Å². The first-order valence-corrected chi connectivity index (χ1v) is 9.98. The zero-order valence-electron chi connectivity index (χ0n) is 13.0. The van der Waals surface area contributed by atoms with Crippen molar-refractivity contribution in [2.45, 2.75) is 84.3 Å². The molecule has 0 rings (SSSR count). The lowest BCUT2D eigenvalue weighted by molar-refractivity contribution is 0.103. The van der Waals surface area contributed by atoms with E-state index >= 15 is 0 Å². The maximum absolute atomic E-state index is 9.92. The smallest absolute Gasteiger partial charge is 0.0751 e. The van der Waals surface area contributed by atoms with E-state index in [0.717, 1.165) is 0 Å². The van der Waals surface area contributed by atoms with Crippen LogP contribution in [0.5, 0.6) is 0 Å². The number of hydrogen-bond acceptors (Lipinski definition) is 2. The summed E-state index contributed by atoms with van der Waals surface area (Å²) in [6, 6.07) is 4.87. The predicted molar refractivity (Wildman–Crippen MR) is 80.2 cm³/mol. The monoisotopic (exact) mass is 259 g/mol. The summed E-state index contributed by atoms with van der Waals surface area (Å²) in [5.41, 5.74) is 0.419. The van der Waals surface area contributed by atoms with Crippen molar-refractivity contribution in [1.82, 2.24) is 4.90 Å². The van der Waals surface area contributed by atoms with Crippen molar-refractivity contribution < 1.29 is 5.11 Å². The number of nitrogens with zero attached hydrogens (tertiary/aromatic N) is 1. The Kier molecular flexibility index (Phi) is 7.61. The van der Waals surface area contributed by atoms with Crippen molar-refractivity contribution in [3.05, 3.63) is 0 Å². The fourth-order valence-corrected chi connectivity index (χ4v) is 7.91. The van der Waals surface area contributed by atoms with E-state index in [9.17, 15) is 5.11 Å². The van der Waals surface area contributed by atoms with Gasteiger partial charge in [0, 0.05) is 17.7 Å². The van der Waals surface area contributed by atoms with Gasteiger partial charge in [0.05, 0.1) is 14.7 Å². The minimum atomic E-state index is -1.36. The van der Waals surface area contributed by atoms with Gasteiger partial charge in [0.2, 0.25) is 0 Å². The average molecular weight is 260 g/mol. The Balaban J connectivity index is 5.25. The van der Waals surface area contributed by atoms with E-state index in [0.29, 0.717) is 24.4 Å². The van der Waals surface area contributed by atoms with E-state index in [1.165, 1.54) is 18.1 Å². The summed E-state index contributed by atoms with van der Waals surface area (Å²) in [6.45, 7) is 16.3. The number of aliphatic hydroxyl groups is 1. The topological polar surface area (TPSA) is 23.5 Å². The molecule has 0 aliphatic heterocycles. The molecule has 17 heavy (non-hydrogen) atoms. The highest BCUT2D eigenvalue weighted by Crippen LogP contribution is 2.29. The molecule has 0 fully saturated rings. The molecule has 0 aliphatic rings. The molecule has 0 spiro atoms. The molecule has 0 aliphatic carbocycles. The SMILES string of the molecule is CC[Si](CC)(CC)C(CO)N(C(C)C)C(C)C. The molecule has 0 radical (unpaired) electrons. The molecular formula is C14H33NOSi. The third-order valence-electron chi connectivity index (χ3n) is 4.54. The first-order chi connectivity index (χ1) is 7.90. The molecule has 1 atom stereocenters. The maximum atomic E-state index is 9.92. The van der Waals surface area contributed by atoms with Crippen LogP contribution in [0.3, 0.4) is 0 Å². The summed E-state index contributed by atoms with van der Waals surface area (Å²) in [4.78, 5) is 2.54. The van der Waals surface area contributed by atoms with Crippen LogP contribution in [0.2, 0.25) is 18.1 Å². The van der Waals surface area contributed by atoms with Crippen LogP contribution in [-0.4, -0.2) is 42.4 Å². The summed E-state index contributed by atoms with van der Waals surface area (Å²) in [5.74, 6) is 0. The summed E-state index contributed by atoms with van der Waals surface area (Å²) in [6.07, 6.45) is 0. The Bertz CT molecular complexity index is 186. The molecule has 0 heterocycles. The van der Waals surface area contributed by atoms with Crippen molar-refractivity contribution in [2.24, 2.45) is 0 Å². The molecule has 0 bridgehead atoms. The molecule has 0 aromatic carbocycles. The van der Waals surface area contributed by atoms with Crippen LogP contribution in [0.1, 0.15) is 48.5 Å². The van der Waals surface area contributed by atoms with Gasteiger partial charge in [-0.1, -0.05) is 38.9 Å². The van der Waals surface area contributed by atoms with Crippen molar-refractivity contribution in [1.29, 1.82) is 0 Å². The standard InChI is InChI=1S/C14H33NOSi/c1-8-17(9-2,10-3)14(11-16)15(12(4)5)13(6)7/h12-14,16H,8-11H2,1-7H3. The highest BCUT2D eigenvalue weighted by molar-refractivity contribution is 6.81. The zero-order chi connectivity index (χ0) is 13.6. The van der Waals surface area contributed by atoms with Crippen LogP contribution in [0.25, 0.3) is 0 Å². The Hall–Kier alpha value is 0.137. The molecule has 1 N–H and O–H groups in total. The van der Waals surface area contributed by atoms with Crippen molar-refractivity contribution in [3.8, 4) is 0 Å². The molecule has 0 amide bonds. The number of rotatable bonds is 8. The van der Waals surface area contributed by atoms with E-state index in [1.807, 2.05) is 0 Å². The average Bonchev–Trinajstić information content (AvgIpc) is 2.29. The summed E-state index contributed by atoms with van der Waals surface area (Å²) in [5, 5.41) is 9.92. The van der Waals surface area contributed by atoms with Gasteiger partial charge in [-0.2, -0.15) is 0 Å². The third-order valence-corrected chi connectivity index (χ3v) is 10.7. The maximum Gasteiger partial charge on any atom is 0.0751 e. The van der Waals surface area contributed by atoms with Crippen LogP contribution in [-0.2, 0) is 0 Å². The molecule has 0 saturated heterocycles. The Morgan fingerprint density at radius 3 is 1.41 bits per heavy atom. The van der Waals surface area contributed by atoms with Crippen LogP contribution >= 0.6 is 0 Å². The Morgan fingerprint density at radius 2 is 1.24 bits per heavy atom. The number of hydrogen-bond donors (Lipinski definition) is 1. The van der Waals surface area contributed by atoms with Crippen LogP contribution in [0.4, 0.5) is 0 Å². The van der Waals surface area contributed by atoms with Crippen LogP contribution in [0.15, 0.2) is 0 Å². The second-order valence-corrected chi connectivity index (χ2v) is 11.3. The largest absolute Gasteiger partial charge is 0.395 e. The molecule has 3 heteroatoms. The number of aliphatic hydroxyl groups excluding tert-OH is 1. The molecule has 0 saturated carbocycles. The van der Waals surface area contributed by atoms with Gasteiger partial charge in [0.1, 0.15) is 0 Å². The minimum Gasteiger partial charge on any atom is -0.395 e. The fraction of sp³-hybridized carbons (Fsp3) is 1.00. The van der Waals surface area contributed by atoms with Gasteiger partial charge in [0.25, 0.3) is 0 Å². The van der Waals surface area contributed by atoms with Crippen molar-refractivity contribution >= 4 is 8.07 Å². The van der Waals surface area contributed by atoms with Crippen molar-refractivity contribution in [2.75, 3.05) is 6.61 Å². The Labute approximate surface area is 109 Å². The third kappa shape index (κ3) is 3.80. The fourth-order valence-electron chi connectivity index (χ4n) is 3.38. The van der Waals surface area contributed by atoms with Gasteiger partial charge in [-0.05, 0) is 27.7 Å². The normalized spacial score (nSPS) is 15.0. The van der Waals surface area contributed by atoms with E-state index in [1.54, 1.807) is 0 Å². The first kappa shape index (κ1) is 17.1. The highest BCUT2D eigenvalue weighted by atomic mass is 28.3. The van der Waals surface area contributed by atoms with Gasteiger partial charge < -0.3 is 5.11 Å². The van der Waals surface area contributed by atoms with Crippen LogP contribution < -0.4 is 0 Å². The minimum absolute atomic E-state index is 0.331. The molecule has 0 aromatic heterocycles.